The van der Waals surface area contributed by atoms with E-state index in [2.05, 4.69) is 15.3 Å². The zero-order valence-corrected chi connectivity index (χ0v) is 15.6. The molecule has 0 aliphatic carbocycles. The number of hydrogen-bond donors (Lipinski definition) is 1. The van der Waals surface area contributed by atoms with Crippen LogP contribution in [0, 0.1) is 0 Å². The molecule has 0 spiro atoms. The van der Waals surface area contributed by atoms with Crippen LogP contribution in [0.4, 0.5) is 13.2 Å². The predicted molar refractivity (Wildman–Crippen MR) is 101 cm³/mol. The van der Waals surface area contributed by atoms with Crippen molar-refractivity contribution in [1.29, 1.82) is 0 Å². The van der Waals surface area contributed by atoms with Gasteiger partial charge in [-0.3, -0.25) is 4.98 Å². The van der Waals surface area contributed by atoms with E-state index in [9.17, 15) is 13.2 Å². The molecule has 2 aromatic rings. The van der Waals surface area contributed by atoms with Crippen LogP contribution >= 0.6 is 0 Å². The molecule has 5 nitrogen and oxygen atoms in total. The van der Waals surface area contributed by atoms with Gasteiger partial charge in [0.05, 0.1) is 31.0 Å². The monoisotopic (exact) mass is 392 g/mol. The number of guanidine groups is 1. The highest BCUT2D eigenvalue weighted by molar-refractivity contribution is 5.80. The molecule has 1 aliphatic rings. The van der Waals surface area contributed by atoms with E-state index in [0.29, 0.717) is 44.3 Å². The Morgan fingerprint density at radius 3 is 2.86 bits per heavy atom. The molecule has 2 heterocycles. The number of benzene rings is 1. The SMILES string of the molecule is CCNC(=NCc1ccccn1)N1CCOC(c2cccc(C(F)(F)F)c2)C1. The van der Waals surface area contributed by atoms with E-state index in [4.69, 9.17) is 4.74 Å². The number of aliphatic imine (C=N–C) groups is 1. The first-order valence-corrected chi connectivity index (χ1v) is 9.19. The zero-order chi connectivity index (χ0) is 20.0. The van der Waals surface area contributed by atoms with Gasteiger partial charge < -0.3 is 15.0 Å². The molecule has 150 valence electrons. The number of pyridine rings is 1. The zero-order valence-electron chi connectivity index (χ0n) is 15.6. The third kappa shape index (κ3) is 5.22. The molecule has 1 fully saturated rings. The Balaban J connectivity index is 1.75. The van der Waals surface area contributed by atoms with Crippen molar-refractivity contribution in [3.8, 4) is 0 Å². The Bertz CT molecular complexity index is 796. The largest absolute Gasteiger partial charge is 0.416 e. The highest BCUT2D eigenvalue weighted by Gasteiger charge is 2.32. The molecule has 8 heteroatoms. The van der Waals surface area contributed by atoms with Crippen LogP contribution < -0.4 is 5.32 Å². The molecule has 0 saturated carbocycles. The smallest absolute Gasteiger partial charge is 0.370 e. The average molecular weight is 392 g/mol. The number of ether oxygens (including phenoxy) is 1. The van der Waals surface area contributed by atoms with Gasteiger partial charge in [-0.25, -0.2) is 4.99 Å². The third-order valence-electron chi connectivity index (χ3n) is 4.40. The van der Waals surface area contributed by atoms with Crippen LogP contribution in [-0.4, -0.2) is 42.1 Å². The average Bonchev–Trinajstić information content (AvgIpc) is 2.71. The second kappa shape index (κ2) is 9.05. The van der Waals surface area contributed by atoms with E-state index in [1.165, 1.54) is 6.07 Å². The topological polar surface area (TPSA) is 49.8 Å². The highest BCUT2D eigenvalue weighted by atomic mass is 19.4. The molecule has 1 atom stereocenters. The minimum absolute atomic E-state index is 0.412. The van der Waals surface area contributed by atoms with Crippen molar-refractivity contribution in [2.24, 2.45) is 4.99 Å². The fourth-order valence-electron chi connectivity index (χ4n) is 3.03. The number of nitrogens with one attached hydrogen (secondary N) is 1. The molecule has 0 bridgehead atoms. The summed E-state index contributed by atoms with van der Waals surface area (Å²) in [7, 11) is 0. The Labute approximate surface area is 162 Å². The van der Waals surface area contributed by atoms with E-state index in [0.717, 1.165) is 17.8 Å². The van der Waals surface area contributed by atoms with Crippen molar-refractivity contribution in [2.45, 2.75) is 25.7 Å². The molecule has 1 aliphatic heterocycles. The van der Waals surface area contributed by atoms with Gasteiger partial charge in [0.15, 0.2) is 5.96 Å². The Kier molecular flexibility index (Phi) is 6.51. The molecular weight excluding hydrogens is 369 g/mol. The van der Waals surface area contributed by atoms with Crippen molar-refractivity contribution in [3.63, 3.8) is 0 Å². The fraction of sp³-hybridized carbons (Fsp3) is 0.400. The normalized spacial score (nSPS) is 18.2. The van der Waals surface area contributed by atoms with E-state index in [-0.39, 0.29) is 0 Å². The predicted octanol–water partition coefficient (Wildman–Crippen LogP) is 3.64. The van der Waals surface area contributed by atoms with E-state index >= 15 is 0 Å². The molecule has 1 saturated heterocycles. The molecular formula is C20H23F3N4O. The van der Waals surface area contributed by atoms with Crippen LogP contribution in [0.2, 0.25) is 0 Å². The van der Waals surface area contributed by atoms with Gasteiger partial charge in [-0.1, -0.05) is 18.2 Å². The number of aromatic nitrogens is 1. The number of morpholine rings is 1. The van der Waals surface area contributed by atoms with Crippen LogP contribution in [0.25, 0.3) is 0 Å². The first-order chi connectivity index (χ1) is 13.5. The van der Waals surface area contributed by atoms with Crippen LogP contribution in [0.3, 0.4) is 0 Å². The minimum Gasteiger partial charge on any atom is -0.370 e. The van der Waals surface area contributed by atoms with Crippen LogP contribution in [0.1, 0.15) is 29.8 Å². The summed E-state index contributed by atoms with van der Waals surface area (Å²) < 4.78 is 44.8. The van der Waals surface area contributed by atoms with Gasteiger partial charge >= 0.3 is 6.18 Å². The summed E-state index contributed by atoms with van der Waals surface area (Å²) in [5.41, 5.74) is 0.696. The van der Waals surface area contributed by atoms with Crippen molar-refractivity contribution in [1.82, 2.24) is 15.2 Å². The molecule has 28 heavy (non-hydrogen) atoms. The van der Waals surface area contributed by atoms with Gasteiger partial charge in [0.25, 0.3) is 0 Å². The van der Waals surface area contributed by atoms with Crippen LogP contribution in [0.5, 0.6) is 0 Å². The van der Waals surface area contributed by atoms with Crippen molar-refractivity contribution < 1.29 is 17.9 Å². The minimum atomic E-state index is -4.37. The molecule has 1 N–H and O–H groups in total. The molecule has 1 aromatic carbocycles. The maximum Gasteiger partial charge on any atom is 0.416 e. The highest BCUT2D eigenvalue weighted by Crippen LogP contribution is 2.32. The maximum atomic E-state index is 13.0. The van der Waals surface area contributed by atoms with Crippen LogP contribution in [0.15, 0.2) is 53.7 Å². The summed E-state index contributed by atoms with van der Waals surface area (Å²) in [6.45, 7) is 4.54. The number of hydrogen-bond acceptors (Lipinski definition) is 3. The lowest BCUT2D eigenvalue weighted by molar-refractivity contribution is -0.137. The van der Waals surface area contributed by atoms with E-state index in [1.807, 2.05) is 30.0 Å². The molecule has 3 rings (SSSR count). The van der Waals surface area contributed by atoms with E-state index in [1.54, 1.807) is 12.3 Å². The first kappa shape index (κ1) is 20.1. The summed E-state index contributed by atoms with van der Waals surface area (Å²) in [4.78, 5) is 10.9. The first-order valence-electron chi connectivity index (χ1n) is 9.19. The summed E-state index contributed by atoms with van der Waals surface area (Å²) >= 11 is 0. The van der Waals surface area contributed by atoms with E-state index < -0.39 is 17.8 Å². The lowest BCUT2D eigenvalue weighted by atomic mass is 10.0. The molecule has 0 amide bonds. The Morgan fingerprint density at radius 2 is 2.14 bits per heavy atom. The van der Waals surface area contributed by atoms with Crippen molar-refractivity contribution in [2.75, 3.05) is 26.2 Å². The number of alkyl halides is 3. The lowest BCUT2D eigenvalue weighted by Gasteiger charge is -2.35. The molecule has 1 aromatic heterocycles. The number of rotatable bonds is 4. The third-order valence-corrected chi connectivity index (χ3v) is 4.40. The summed E-state index contributed by atoms with van der Waals surface area (Å²) in [6.07, 6.45) is -3.10. The Morgan fingerprint density at radius 1 is 1.29 bits per heavy atom. The van der Waals surface area contributed by atoms with Gasteiger partial charge in [-0.15, -0.1) is 0 Å². The quantitative estimate of drug-likeness (QED) is 0.638. The molecule has 1 unspecified atom stereocenters. The summed E-state index contributed by atoms with van der Waals surface area (Å²) in [6, 6.07) is 11.0. The second-order valence-corrected chi connectivity index (χ2v) is 6.42. The summed E-state index contributed by atoms with van der Waals surface area (Å²) in [5, 5.41) is 3.24. The van der Waals surface area contributed by atoms with Gasteiger partial charge in [0.1, 0.15) is 6.10 Å². The lowest BCUT2D eigenvalue weighted by Crippen LogP contribution is -2.48. The van der Waals surface area contributed by atoms with Crippen molar-refractivity contribution in [3.05, 3.63) is 65.5 Å². The number of nitrogens with zero attached hydrogens (tertiary/aromatic N) is 3. The van der Waals surface area contributed by atoms with Gasteiger partial charge in [-0.05, 0) is 36.8 Å². The Hall–Kier alpha value is -2.61. The van der Waals surface area contributed by atoms with Crippen molar-refractivity contribution >= 4 is 5.96 Å². The number of halogens is 3. The standard InChI is InChI=1S/C20H23F3N4O/c1-2-24-19(26-13-17-8-3-4-9-25-17)27-10-11-28-18(14-27)15-6-5-7-16(12-15)20(21,22)23/h3-9,12,18H,2,10-11,13-14H2,1H3,(H,24,26). The maximum absolute atomic E-state index is 13.0. The van der Waals surface area contributed by atoms with Gasteiger partial charge in [0.2, 0.25) is 0 Å². The van der Waals surface area contributed by atoms with Gasteiger partial charge in [0, 0.05) is 19.3 Å². The molecule has 0 radical (unpaired) electrons. The van der Waals surface area contributed by atoms with Gasteiger partial charge in [-0.2, -0.15) is 13.2 Å². The summed E-state index contributed by atoms with van der Waals surface area (Å²) in [5.74, 6) is 0.702. The second-order valence-electron chi connectivity index (χ2n) is 6.42. The van der Waals surface area contributed by atoms with Crippen LogP contribution in [-0.2, 0) is 17.5 Å². The fourth-order valence-corrected chi connectivity index (χ4v) is 3.03.